The van der Waals surface area contributed by atoms with Gasteiger partial charge < -0.3 is 5.32 Å². The monoisotopic (exact) mass is 211 g/mol. The van der Waals surface area contributed by atoms with Crippen LogP contribution in [0, 0.1) is 0 Å². The minimum absolute atomic E-state index is 0.580. The van der Waals surface area contributed by atoms with Gasteiger partial charge in [0, 0.05) is 18.1 Å². The summed E-state index contributed by atoms with van der Waals surface area (Å²) in [6.07, 6.45) is 3.78. The highest BCUT2D eigenvalue weighted by atomic mass is 35.5. The first-order valence-corrected chi connectivity index (χ1v) is 5.79. The number of para-hydroxylation sites is 1. The number of nitrogens with one attached hydrogen (secondary N) is 1. The van der Waals surface area contributed by atoms with Crippen molar-refractivity contribution in [2.24, 2.45) is 0 Å². The summed E-state index contributed by atoms with van der Waals surface area (Å²) in [7, 11) is 0. The molecule has 14 heavy (non-hydrogen) atoms. The summed E-state index contributed by atoms with van der Waals surface area (Å²) in [5.41, 5.74) is 2.37. The summed E-state index contributed by atoms with van der Waals surface area (Å²) < 4.78 is 0. The fraction of sp³-hybridized carbons (Fsp3) is 0.500. The standard InChI is InChI=1S/C12H18ClN/c1-2-3-6-9-14-12-8-5-4-7-11(12)10-13/h4-5,7-8,14H,2-3,6,9-10H2,1H3. The van der Waals surface area contributed by atoms with Gasteiger partial charge in [0.15, 0.2) is 0 Å². The summed E-state index contributed by atoms with van der Waals surface area (Å²) >= 11 is 5.83. The number of benzene rings is 1. The number of anilines is 1. The normalized spacial score (nSPS) is 10.1. The zero-order chi connectivity index (χ0) is 10.2. The highest BCUT2D eigenvalue weighted by Gasteiger charge is 1.98. The van der Waals surface area contributed by atoms with E-state index in [2.05, 4.69) is 24.4 Å². The van der Waals surface area contributed by atoms with E-state index in [1.54, 1.807) is 0 Å². The Labute approximate surface area is 91.5 Å². The largest absolute Gasteiger partial charge is 0.385 e. The fourth-order valence-electron chi connectivity index (χ4n) is 1.41. The van der Waals surface area contributed by atoms with Crippen molar-refractivity contribution in [1.82, 2.24) is 0 Å². The highest BCUT2D eigenvalue weighted by molar-refractivity contribution is 6.17. The van der Waals surface area contributed by atoms with Crippen LogP contribution in [-0.4, -0.2) is 6.54 Å². The van der Waals surface area contributed by atoms with Crippen molar-refractivity contribution in [3.05, 3.63) is 29.8 Å². The van der Waals surface area contributed by atoms with Crippen LogP contribution in [0.3, 0.4) is 0 Å². The molecule has 0 unspecified atom stereocenters. The number of halogens is 1. The Morgan fingerprint density at radius 2 is 2.00 bits per heavy atom. The quantitative estimate of drug-likeness (QED) is 0.554. The van der Waals surface area contributed by atoms with Crippen LogP contribution in [0.2, 0.25) is 0 Å². The Balaban J connectivity index is 2.41. The lowest BCUT2D eigenvalue weighted by atomic mass is 10.2. The van der Waals surface area contributed by atoms with Crippen LogP contribution < -0.4 is 5.32 Å². The van der Waals surface area contributed by atoms with Crippen molar-refractivity contribution in [3.8, 4) is 0 Å². The summed E-state index contributed by atoms with van der Waals surface area (Å²) in [4.78, 5) is 0. The maximum atomic E-state index is 5.83. The van der Waals surface area contributed by atoms with Gasteiger partial charge in [0.2, 0.25) is 0 Å². The summed E-state index contributed by atoms with van der Waals surface area (Å²) in [6.45, 7) is 3.26. The first-order chi connectivity index (χ1) is 6.88. The maximum Gasteiger partial charge on any atom is 0.0494 e. The molecule has 0 spiro atoms. The lowest BCUT2D eigenvalue weighted by Gasteiger charge is -2.09. The molecule has 1 rings (SSSR count). The van der Waals surface area contributed by atoms with Gasteiger partial charge in [-0.2, -0.15) is 0 Å². The van der Waals surface area contributed by atoms with Crippen LogP contribution in [0.15, 0.2) is 24.3 Å². The van der Waals surface area contributed by atoms with Crippen LogP contribution in [0.5, 0.6) is 0 Å². The van der Waals surface area contributed by atoms with E-state index < -0.39 is 0 Å². The van der Waals surface area contributed by atoms with Gasteiger partial charge in [-0.1, -0.05) is 38.0 Å². The molecular formula is C12H18ClN. The number of unbranched alkanes of at least 4 members (excludes halogenated alkanes) is 2. The van der Waals surface area contributed by atoms with Crippen LogP contribution in [0.4, 0.5) is 5.69 Å². The average Bonchev–Trinajstić information content (AvgIpc) is 2.25. The van der Waals surface area contributed by atoms with E-state index in [-0.39, 0.29) is 0 Å². The molecule has 1 N–H and O–H groups in total. The van der Waals surface area contributed by atoms with Crippen molar-refractivity contribution >= 4 is 17.3 Å². The molecule has 0 heterocycles. The van der Waals surface area contributed by atoms with E-state index in [0.717, 1.165) is 6.54 Å². The summed E-state index contributed by atoms with van der Waals surface area (Å²) in [6, 6.07) is 8.21. The van der Waals surface area contributed by atoms with Crippen molar-refractivity contribution < 1.29 is 0 Å². The third-order valence-corrected chi connectivity index (χ3v) is 2.55. The van der Waals surface area contributed by atoms with Crippen molar-refractivity contribution in [2.75, 3.05) is 11.9 Å². The fourth-order valence-corrected chi connectivity index (χ4v) is 1.64. The molecule has 1 aromatic rings. The molecule has 2 heteroatoms. The number of hydrogen-bond donors (Lipinski definition) is 1. The van der Waals surface area contributed by atoms with Crippen molar-refractivity contribution in [1.29, 1.82) is 0 Å². The smallest absolute Gasteiger partial charge is 0.0494 e. The van der Waals surface area contributed by atoms with E-state index in [0.29, 0.717) is 5.88 Å². The van der Waals surface area contributed by atoms with Crippen LogP contribution in [0.1, 0.15) is 31.7 Å². The van der Waals surface area contributed by atoms with Gasteiger partial charge in [-0.05, 0) is 18.1 Å². The highest BCUT2D eigenvalue weighted by Crippen LogP contribution is 2.16. The molecule has 0 aliphatic rings. The average molecular weight is 212 g/mol. The minimum atomic E-state index is 0.580. The van der Waals surface area contributed by atoms with E-state index in [1.807, 2.05) is 12.1 Å². The van der Waals surface area contributed by atoms with E-state index in [1.165, 1.54) is 30.5 Å². The van der Waals surface area contributed by atoms with Gasteiger partial charge in [0.05, 0.1) is 0 Å². The van der Waals surface area contributed by atoms with E-state index in [9.17, 15) is 0 Å². The summed E-state index contributed by atoms with van der Waals surface area (Å²) in [5, 5.41) is 3.41. The molecule has 0 saturated carbocycles. The molecule has 0 aromatic heterocycles. The molecular weight excluding hydrogens is 194 g/mol. The second kappa shape index (κ2) is 6.72. The topological polar surface area (TPSA) is 12.0 Å². The third-order valence-electron chi connectivity index (χ3n) is 2.26. The molecule has 0 bridgehead atoms. The zero-order valence-corrected chi connectivity index (χ0v) is 9.48. The van der Waals surface area contributed by atoms with Crippen molar-refractivity contribution in [3.63, 3.8) is 0 Å². The molecule has 0 fully saturated rings. The first kappa shape index (κ1) is 11.4. The van der Waals surface area contributed by atoms with Gasteiger partial charge in [-0.15, -0.1) is 11.6 Å². The Morgan fingerprint density at radius 3 is 2.71 bits per heavy atom. The van der Waals surface area contributed by atoms with Gasteiger partial charge in [-0.3, -0.25) is 0 Å². The lowest BCUT2D eigenvalue weighted by molar-refractivity contribution is 0.743. The summed E-state index contributed by atoms with van der Waals surface area (Å²) in [5.74, 6) is 0.580. The van der Waals surface area contributed by atoms with Crippen molar-refractivity contribution in [2.45, 2.75) is 32.1 Å². The number of rotatable bonds is 6. The number of hydrogen-bond acceptors (Lipinski definition) is 1. The molecule has 0 atom stereocenters. The van der Waals surface area contributed by atoms with Gasteiger partial charge in [-0.25, -0.2) is 0 Å². The van der Waals surface area contributed by atoms with E-state index >= 15 is 0 Å². The van der Waals surface area contributed by atoms with Crippen LogP contribution in [-0.2, 0) is 5.88 Å². The first-order valence-electron chi connectivity index (χ1n) is 5.26. The number of alkyl halides is 1. The second-order valence-corrected chi connectivity index (χ2v) is 3.69. The molecule has 0 aliphatic carbocycles. The molecule has 1 nitrogen and oxygen atoms in total. The molecule has 0 saturated heterocycles. The Hall–Kier alpha value is -0.690. The minimum Gasteiger partial charge on any atom is -0.385 e. The Kier molecular flexibility index (Phi) is 5.46. The predicted octanol–water partition coefficient (Wildman–Crippen LogP) is 4.03. The molecule has 1 aromatic carbocycles. The van der Waals surface area contributed by atoms with E-state index in [4.69, 9.17) is 11.6 Å². The molecule has 0 aliphatic heterocycles. The third kappa shape index (κ3) is 3.59. The molecule has 0 radical (unpaired) electrons. The van der Waals surface area contributed by atoms with Crippen LogP contribution >= 0.6 is 11.6 Å². The molecule has 78 valence electrons. The van der Waals surface area contributed by atoms with Gasteiger partial charge >= 0.3 is 0 Å². The predicted molar refractivity (Wildman–Crippen MR) is 64.0 cm³/mol. The maximum absolute atomic E-state index is 5.83. The van der Waals surface area contributed by atoms with Gasteiger partial charge in [0.1, 0.15) is 0 Å². The SMILES string of the molecule is CCCCCNc1ccccc1CCl. The Bertz CT molecular complexity index is 260. The Morgan fingerprint density at radius 1 is 1.21 bits per heavy atom. The lowest BCUT2D eigenvalue weighted by Crippen LogP contribution is -2.03. The van der Waals surface area contributed by atoms with Gasteiger partial charge in [0.25, 0.3) is 0 Å². The molecule has 0 amide bonds. The zero-order valence-electron chi connectivity index (χ0n) is 8.72. The second-order valence-electron chi connectivity index (χ2n) is 3.42. The van der Waals surface area contributed by atoms with Crippen LogP contribution in [0.25, 0.3) is 0 Å².